The molecule has 1 atom stereocenters. The number of hydrogen-bond acceptors (Lipinski definition) is 2. The number of halogens is 1. The van der Waals surface area contributed by atoms with E-state index in [-0.39, 0.29) is 11.8 Å². The molecule has 0 N–H and O–H groups in total. The van der Waals surface area contributed by atoms with Gasteiger partial charge in [0, 0.05) is 18.3 Å². The summed E-state index contributed by atoms with van der Waals surface area (Å²) in [6, 6.07) is 0. The molecule has 0 saturated carbocycles. The van der Waals surface area contributed by atoms with Gasteiger partial charge in [-0.1, -0.05) is 6.42 Å². The van der Waals surface area contributed by atoms with Gasteiger partial charge in [-0.3, -0.25) is 4.79 Å². The molecule has 76 valence electrons. The quantitative estimate of drug-likeness (QED) is 0.665. The van der Waals surface area contributed by atoms with Gasteiger partial charge in [0.15, 0.2) is 0 Å². The number of alkyl halides is 1. The first-order valence-corrected chi connectivity index (χ1v) is 6.46. The van der Waals surface area contributed by atoms with Gasteiger partial charge >= 0.3 is 0 Å². The van der Waals surface area contributed by atoms with Crippen molar-refractivity contribution in [1.29, 1.82) is 0 Å². The molecule has 0 aliphatic carbocycles. The lowest BCUT2D eigenvalue weighted by Gasteiger charge is -2.22. The predicted molar refractivity (Wildman–Crippen MR) is 58.5 cm³/mol. The van der Waals surface area contributed by atoms with Crippen LogP contribution < -0.4 is 0 Å². The maximum absolute atomic E-state index is 11.4. The van der Waals surface area contributed by atoms with Crippen LogP contribution in [-0.2, 0) is 4.79 Å². The lowest BCUT2D eigenvalue weighted by atomic mass is 10.2. The van der Waals surface area contributed by atoms with Gasteiger partial charge in [0.05, 0.1) is 0 Å². The molecule has 1 aliphatic rings. The van der Waals surface area contributed by atoms with E-state index in [4.69, 9.17) is 11.6 Å². The standard InChI is InChI=1S/C9H16ClNOS/c1-13-8-4-2-3-5-11(7-8)9(12)6-10/h8H,2-7H2,1H3. The van der Waals surface area contributed by atoms with Crippen molar-refractivity contribution in [2.24, 2.45) is 0 Å². The van der Waals surface area contributed by atoms with Gasteiger partial charge in [-0.05, 0) is 19.1 Å². The summed E-state index contributed by atoms with van der Waals surface area (Å²) < 4.78 is 0. The zero-order valence-electron chi connectivity index (χ0n) is 7.96. The Morgan fingerprint density at radius 3 is 3.00 bits per heavy atom. The molecule has 0 aromatic carbocycles. The first-order chi connectivity index (χ1) is 6.27. The number of rotatable bonds is 2. The monoisotopic (exact) mass is 221 g/mol. The summed E-state index contributed by atoms with van der Waals surface area (Å²) in [7, 11) is 0. The molecule has 0 aromatic rings. The first-order valence-electron chi connectivity index (χ1n) is 4.64. The first kappa shape index (κ1) is 11.2. The van der Waals surface area contributed by atoms with Gasteiger partial charge in [0.25, 0.3) is 0 Å². The Labute approximate surface area is 89.0 Å². The lowest BCUT2D eigenvalue weighted by molar-refractivity contribution is -0.128. The molecule has 0 bridgehead atoms. The molecule has 0 radical (unpaired) electrons. The Bertz CT molecular complexity index is 177. The van der Waals surface area contributed by atoms with Crippen LogP contribution in [0.2, 0.25) is 0 Å². The highest BCUT2D eigenvalue weighted by Gasteiger charge is 2.20. The maximum atomic E-state index is 11.4. The lowest BCUT2D eigenvalue weighted by Crippen LogP contribution is -2.36. The molecule has 0 spiro atoms. The molecule has 1 rings (SSSR count). The summed E-state index contributed by atoms with van der Waals surface area (Å²) >= 11 is 7.39. The van der Waals surface area contributed by atoms with Crippen molar-refractivity contribution in [3.8, 4) is 0 Å². The molecule has 1 amide bonds. The Morgan fingerprint density at radius 2 is 2.38 bits per heavy atom. The third-order valence-corrected chi connectivity index (χ3v) is 3.71. The third-order valence-electron chi connectivity index (χ3n) is 2.43. The van der Waals surface area contributed by atoms with Crippen LogP contribution in [0.25, 0.3) is 0 Å². The van der Waals surface area contributed by atoms with E-state index in [0.717, 1.165) is 19.5 Å². The fourth-order valence-corrected chi connectivity index (χ4v) is 2.51. The molecule has 0 aromatic heterocycles. The summed E-state index contributed by atoms with van der Waals surface area (Å²) in [4.78, 5) is 13.3. The largest absolute Gasteiger partial charge is 0.341 e. The highest BCUT2D eigenvalue weighted by atomic mass is 35.5. The van der Waals surface area contributed by atoms with Crippen LogP contribution in [0, 0.1) is 0 Å². The van der Waals surface area contributed by atoms with Crippen LogP contribution in [0.15, 0.2) is 0 Å². The molecular formula is C9H16ClNOS. The Hall–Kier alpha value is 0.110. The minimum Gasteiger partial charge on any atom is -0.341 e. The highest BCUT2D eigenvalue weighted by Crippen LogP contribution is 2.20. The zero-order valence-corrected chi connectivity index (χ0v) is 9.53. The minimum absolute atomic E-state index is 0.0858. The van der Waals surface area contributed by atoms with Crippen LogP contribution in [0.5, 0.6) is 0 Å². The molecule has 13 heavy (non-hydrogen) atoms. The molecule has 1 heterocycles. The summed E-state index contributed by atoms with van der Waals surface area (Å²) in [5.41, 5.74) is 0. The molecule has 2 nitrogen and oxygen atoms in total. The third kappa shape index (κ3) is 3.39. The molecule has 1 aliphatic heterocycles. The van der Waals surface area contributed by atoms with Crippen molar-refractivity contribution >= 4 is 29.3 Å². The number of nitrogens with zero attached hydrogens (tertiary/aromatic N) is 1. The second kappa shape index (κ2) is 5.76. The number of carbonyl (C=O) groups excluding carboxylic acids is 1. The fourth-order valence-electron chi connectivity index (χ4n) is 1.61. The maximum Gasteiger partial charge on any atom is 0.237 e. The number of likely N-dealkylation sites (tertiary alicyclic amines) is 1. The Kier molecular flexibility index (Phi) is 4.96. The van der Waals surface area contributed by atoms with E-state index >= 15 is 0 Å². The average Bonchev–Trinajstić information content (AvgIpc) is 2.41. The van der Waals surface area contributed by atoms with Gasteiger partial charge in [-0.25, -0.2) is 0 Å². The normalized spacial score (nSPS) is 24.2. The summed E-state index contributed by atoms with van der Waals surface area (Å²) in [6.45, 7) is 1.77. The van der Waals surface area contributed by atoms with E-state index in [1.54, 1.807) is 0 Å². The van der Waals surface area contributed by atoms with E-state index < -0.39 is 0 Å². The van der Waals surface area contributed by atoms with Crippen LogP contribution in [0.4, 0.5) is 0 Å². The van der Waals surface area contributed by atoms with E-state index in [2.05, 4.69) is 6.26 Å². The number of hydrogen-bond donors (Lipinski definition) is 0. The van der Waals surface area contributed by atoms with Crippen LogP contribution in [-0.4, -0.2) is 41.3 Å². The van der Waals surface area contributed by atoms with Gasteiger partial charge in [0.1, 0.15) is 5.88 Å². The highest BCUT2D eigenvalue weighted by molar-refractivity contribution is 7.99. The second-order valence-corrected chi connectivity index (χ2v) is 4.73. The van der Waals surface area contributed by atoms with Crippen LogP contribution in [0.1, 0.15) is 19.3 Å². The van der Waals surface area contributed by atoms with Crippen molar-refractivity contribution in [3.05, 3.63) is 0 Å². The van der Waals surface area contributed by atoms with Crippen molar-refractivity contribution in [2.75, 3.05) is 25.2 Å². The Morgan fingerprint density at radius 1 is 1.62 bits per heavy atom. The fraction of sp³-hybridized carbons (Fsp3) is 0.889. The van der Waals surface area contributed by atoms with Crippen LogP contribution in [0.3, 0.4) is 0 Å². The predicted octanol–water partition coefficient (Wildman–Crippen LogP) is 1.97. The van der Waals surface area contributed by atoms with E-state index in [1.807, 2.05) is 16.7 Å². The number of amides is 1. The topological polar surface area (TPSA) is 20.3 Å². The minimum atomic E-state index is 0.0858. The molecule has 1 saturated heterocycles. The van der Waals surface area contributed by atoms with Crippen molar-refractivity contribution in [2.45, 2.75) is 24.5 Å². The average molecular weight is 222 g/mol. The van der Waals surface area contributed by atoms with Gasteiger partial charge in [0.2, 0.25) is 5.91 Å². The van der Waals surface area contributed by atoms with Gasteiger partial charge in [-0.15, -0.1) is 11.6 Å². The summed E-state index contributed by atoms with van der Waals surface area (Å²) in [5.74, 6) is 0.212. The molecule has 1 fully saturated rings. The SMILES string of the molecule is CSC1CCCCN(C(=O)CCl)C1. The number of carbonyl (C=O) groups is 1. The van der Waals surface area contributed by atoms with Crippen LogP contribution >= 0.6 is 23.4 Å². The molecule has 4 heteroatoms. The van der Waals surface area contributed by atoms with E-state index in [1.165, 1.54) is 12.8 Å². The van der Waals surface area contributed by atoms with Crippen molar-refractivity contribution in [1.82, 2.24) is 4.90 Å². The zero-order chi connectivity index (χ0) is 9.68. The number of thioether (sulfide) groups is 1. The smallest absolute Gasteiger partial charge is 0.237 e. The van der Waals surface area contributed by atoms with Crippen molar-refractivity contribution in [3.63, 3.8) is 0 Å². The summed E-state index contributed by atoms with van der Waals surface area (Å²) in [6.07, 6.45) is 5.70. The van der Waals surface area contributed by atoms with Gasteiger partial charge in [-0.2, -0.15) is 11.8 Å². The van der Waals surface area contributed by atoms with Gasteiger partial charge < -0.3 is 4.90 Å². The van der Waals surface area contributed by atoms with Crippen molar-refractivity contribution < 1.29 is 4.79 Å². The van der Waals surface area contributed by atoms with E-state index in [0.29, 0.717) is 5.25 Å². The molecular weight excluding hydrogens is 206 g/mol. The Balaban J connectivity index is 2.48. The summed E-state index contributed by atoms with van der Waals surface area (Å²) in [5, 5.41) is 0.606. The van der Waals surface area contributed by atoms with E-state index in [9.17, 15) is 4.79 Å². The molecule has 1 unspecified atom stereocenters. The second-order valence-electron chi connectivity index (χ2n) is 3.33.